The first-order chi connectivity index (χ1) is 7.50. The SMILES string of the molecule is CN1C(=O)[C@@H]([NH])COc2cc(F)cc(F)c21. The van der Waals surface area contributed by atoms with Crippen LogP contribution in [0.15, 0.2) is 12.1 Å². The zero-order valence-electron chi connectivity index (χ0n) is 8.46. The summed E-state index contributed by atoms with van der Waals surface area (Å²) in [7, 11) is 1.33. The number of nitrogens with zero attached hydrogens (tertiary/aromatic N) is 1. The van der Waals surface area contributed by atoms with Gasteiger partial charge >= 0.3 is 0 Å². The number of likely N-dealkylation sites (N-methyl/N-ethyl adjacent to an activating group) is 1. The summed E-state index contributed by atoms with van der Waals surface area (Å²) in [6.45, 7) is -0.209. The van der Waals surface area contributed by atoms with Gasteiger partial charge in [0.25, 0.3) is 0 Å². The first kappa shape index (κ1) is 10.8. The third-order valence-electron chi connectivity index (χ3n) is 2.36. The van der Waals surface area contributed by atoms with Gasteiger partial charge in [-0.1, -0.05) is 0 Å². The van der Waals surface area contributed by atoms with Crippen LogP contribution in [0.3, 0.4) is 0 Å². The Kier molecular flexibility index (Phi) is 2.51. The number of rotatable bonds is 0. The van der Waals surface area contributed by atoms with Crippen molar-refractivity contribution in [1.29, 1.82) is 0 Å². The molecular weight excluding hydrogens is 218 g/mol. The summed E-state index contributed by atoms with van der Waals surface area (Å²) in [4.78, 5) is 12.5. The molecule has 0 bridgehead atoms. The van der Waals surface area contributed by atoms with Crippen molar-refractivity contribution in [2.75, 3.05) is 18.6 Å². The van der Waals surface area contributed by atoms with Crippen LogP contribution in [0.4, 0.5) is 14.5 Å². The summed E-state index contributed by atoms with van der Waals surface area (Å²) in [5.74, 6) is -2.28. The van der Waals surface area contributed by atoms with Crippen LogP contribution in [0.5, 0.6) is 5.75 Å². The van der Waals surface area contributed by atoms with Gasteiger partial charge in [-0.25, -0.2) is 14.5 Å². The van der Waals surface area contributed by atoms with E-state index < -0.39 is 23.6 Å². The number of carbonyl (C=O) groups is 1. The largest absolute Gasteiger partial charge is 0.489 e. The zero-order valence-corrected chi connectivity index (χ0v) is 8.46. The second-order valence-electron chi connectivity index (χ2n) is 3.50. The lowest BCUT2D eigenvalue weighted by molar-refractivity contribution is -0.120. The number of amides is 1. The van der Waals surface area contributed by atoms with Gasteiger partial charge in [0.1, 0.15) is 29.9 Å². The van der Waals surface area contributed by atoms with Crippen LogP contribution < -0.4 is 15.4 Å². The van der Waals surface area contributed by atoms with Crippen molar-refractivity contribution < 1.29 is 18.3 Å². The summed E-state index contributed by atoms with van der Waals surface area (Å²) < 4.78 is 31.5. The second-order valence-corrected chi connectivity index (χ2v) is 3.50. The van der Waals surface area contributed by atoms with E-state index in [9.17, 15) is 13.6 Å². The smallest absolute Gasteiger partial charge is 0.248 e. The van der Waals surface area contributed by atoms with E-state index in [0.29, 0.717) is 6.07 Å². The Balaban J connectivity index is 2.57. The topological polar surface area (TPSA) is 53.3 Å². The van der Waals surface area contributed by atoms with Gasteiger partial charge in [0.2, 0.25) is 5.91 Å². The Hall–Kier alpha value is -1.69. The molecule has 16 heavy (non-hydrogen) atoms. The molecule has 1 radical (unpaired) electrons. The average Bonchev–Trinajstić information content (AvgIpc) is 2.31. The van der Waals surface area contributed by atoms with Crippen LogP contribution in [0.25, 0.3) is 0 Å². The number of hydrogen-bond donors (Lipinski definition) is 0. The summed E-state index contributed by atoms with van der Waals surface area (Å²) in [5.41, 5.74) is 7.29. The standard InChI is InChI=1S/C10H9F2N2O2/c1-14-9-6(12)2-5(11)3-8(9)16-4-7(13)10(14)15/h2-3,7,13H,4H2,1H3/t7-/m0/s1. The molecule has 1 aromatic carbocycles. The van der Waals surface area contributed by atoms with Crippen LogP contribution in [0.2, 0.25) is 0 Å². The first-order valence-corrected chi connectivity index (χ1v) is 4.61. The Bertz CT molecular complexity index is 451. The lowest BCUT2D eigenvalue weighted by Gasteiger charge is -2.17. The minimum absolute atomic E-state index is 0.0527. The molecule has 1 heterocycles. The molecule has 85 valence electrons. The minimum atomic E-state index is -1.13. The molecule has 1 aliphatic heterocycles. The highest BCUT2D eigenvalue weighted by atomic mass is 19.1. The van der Waals surface area contributed by atoms with Gasteiger partial charge in [-0.3, -0.25) is 4.79 Å². The third kappa shape index (κ3) is 1.61. The van der Waals surface area contributed by atoms with Crippen LogP contribution in [-0.2, 0) is 4.79 Å². The number of benzene rings is 1. The van der Waals surface area contributed by atoms with Crippen LogP contribution >= 0.6 is 0 Å². The Morgan fingerprint density at radius 3 is 2.88 bits per heavy atom. The van der Waals surface area contributed by atoms with Gasteiger partial charge in [0, 0.05) is 19.2 Å². The lowest BCUT2D eigenvalue weighted by atomic mass is 10.2. The fourth-order valence-electron chi connectivity index (χ4n) is 1.57. The maximum Gasteiger partial charge on any atom is 0.248 e. The molecule has 0 unspecified atom stereocenters. The van der Waals surface area contributed by atoms with Crippen molar-refractivity contribution in [2.45, 2.75) is 6.04 Å². The van der Waals surface area contributed by atoms with E-state index in [1.165, 1.54) is 7.05 Å². The van der Waals surface area contributed by atoms with Crippen molar-refractivity contribution in [3.63, 3.8) is 0 Å². The molecular formula is C10H9F2N2O2. The van der Waals surface area contributed by atoms with Gasteiger partial charge in [0.05, 0.1) is 0 Å². The van der Waals surface area contributed by atoms with Gasteiger partial charge in [-0.15, -0.1) is 0 Å². The molecule has 1 amide bonds. The van der Waals surface area contributed by atoms with E-state index >= 15 is 0 Å². The molecule has 1 atom stereocenters. The highest BCUT2D eigenvalue weighted by Crippen LogP contribution is 2.33. The van der Waals surface area contributed by atoms with Crippen molar-refractivity contribution in [3.8, 4) is 5.75 Å². The fraction of sp³-hybridized carbons (Fsp3) is 0.300. The van der Waals surface area contributed by atoms with Crippen LogP contribution in [0.1, 0.15) is 0 Å². The van der Waals surface area contributed by atoms with Crippen LogP contribution in [0, 0.1) is 11.6 Å². The first-order valence-electron chi connectivity index (χ1n) is 4.61. The number of carbonyl (C=O) groups excluding carboxylic acids is 1. The molecule has 4 nitrogen and oxygen atoms in total. The van der Waals surface area contributed by atoms with Crippen LogP contribution in [-0.4, -0.2) is 25.6 Å². The predicted molar refractivity (Wildman–Crippen MR) is 52.1 cm³/mol. The van der Waals surface area contributed by atoms with E-state index in [-0.39, 0.29) is 18.0 Å². The molecule has 1 N–H and O–H groups in total. The molecule has 0 saturated heterocycles. The van der Waals surface area contributed by atoms with E-state index in [0.717, 1.165) is 11.0 Å². The monoisotopic (exact) mass is 227 g/mol. The maximum atomic E-state index is 13.5. The molecule has 0 aromatic heterocycles. The van der Waals surface area contributed by atoms with Crippen molar-refractivity contribution in [1.82, 2.24) is 5.73 Å². The Morgan fingerprint density at radius 2 is 2.19 bits per heavy atom. The quantitative estimate of drug-likeness (QED) is 0.663. The predicted octanol–water partition coefficient (Wildman–Crippen LogP) is 0.971. The highest BCUT2D eigenvalue weighted by molar-refractivity contribution is 5.98. The molecule has 1 aromatic rings. The molecule has 1 aliphatic rings. The van der Waals surface area contributed by atoms with E-state index in [1.807, 2.05) is 0 Å². The van der Waals surface area contributed by atoms with E-state index in [1.54, 1.807) is 0 Å². The Morgan fingerprint density at radius 1 is 1.50 bits per heavy atom. The third-order valence-corrected chi connectivity index (χ3v) is 2.36. The van der Waals surface area contributed by atoms with Crippen molar-refractivity contribution in [3.05, 3.63) is 23.8 Å². The number of nitrogens with one attached hydrogen (secondary N) is 1. The maximum absolute atomic E-state index is 13.5. The number of hydrogen-bond acceptors (Lipinski definition) is 2. The van der Waals surface area contributed by atoms with Crippen molar-refractivity contribution in [2.24, 2.45) is 0 Å². The van der Waals surface area contributed by atoms with Gasteiger partial charge in [-0.05, 0) is 0 Å². The molecule has 6 heteroatoms. The molecule has 0 fully saturated rings. The molecule has 0 saturated carbocycles. The van der Waals surface area contributed by atoms with Crippen molar-refractivity contribution >= 4 is 11.6 Å². The summed E-state index contributed by atoms with van der Waals surface area (Å²) in [5, 5.41) is 0. The molecule has 0 aliphatic carbocycles. The van der Waals surface area contributed by atoms with Gasteiger partial charge < -0.3 is 9.64 Å². The minimum Gasteiger partial charge on any atom is -0.489 e. The number of fused-ring (bicyclic) bond motifs is 1. The summed E-state index contributed by atoms with van der Waals surface area (Å²) in [6, 6.07) is 0.552. The normalized spacial score (nSPS) is 20.1. The molecule has 2 rings (SSSR count). The number of ether oxygens (including phenoxy) is 1. The zero-order chi connectivity index (χ0) is 11.9. The lowest BCUT2D eigenvalue weighted by Crippen LogP contribution is -2.38. The fourth-order valence-corrected chi connectivity index (χ4v) is 1.57. The van der Waals surface area contributed by atoms with Gasteiger partial charge in [-0.2, -0.15) is 0 Å². The number of halogens is 2. The Labute approximate surface area is 90.6 Å². The highest BCUT2D eigenvalue weighted by Gasteiger charge is 2.29. The summed E-state index contributed by atoms with van der Waals surface area (Å²) >= 11 is 0. The second kappa shape index (κ2) is 3.71. The summed E-state index contributed by atoms with van der Waals surface area (Å²) in [6.07, 6.45) is 0. The average molecular weight is 227 g/mol. The van der Waals surface area contributed by atoms with Gasteiger partial charge in [0.15, 0.2) is 5.82 Å². The number of anilines is 1. The van der Waals surface area contributed by atoms with E-state index in [4.69, 9.17) is 10.5 Å². The van der Waals surface area contributed by atoms with E-state index in [2.05, 4.69) is 0 Å². The molecule has 0 spiro atoms.